The summed E-state index contributed by atoms with van der Waals surface area (Å²) in [6.45, 7) is 11.1. The number of nitrogens with one attached hydrogen (secondary N) is 1. The lowest BCUT2D eigenvalue weighted by atomic mass is 9.75. The normalized spacial score (nSPS) is 28.6. The van der Waals surface area contributed by atoms with Crippen LogP contribution in [0.3, 0.4) is 0 Å². The first kappa shape index (κ1) is 15.3. The van der Waals surface area contributed by atoms with Gasteiger partial charge in [0.25, 0.3) is 0 Å². The highest BCUT2D eigenvalue weighted by Crippen LogP contribution is 2.35. The van der Waals surface area contributed by atoms with Crippen LogP contribution >= 0.6 is 0 Å². The van der Waals surface area contributed by atoms with Crippen molar-refractivity contribution in [2.24, 2.45) is 17.8 Å². The van der Waals surface area contributed by atoms with E-state index >= 15 is 0 Å². The van der Waals surface area contributed by atoms with E-state index in [4.69, 9.17) is 0 Å². The predicted octanol–water partition coefficient (Wildman–Crippen LogP) is 3.52. The Bertz CT molecular complexity index is 239. The zero-order valence-electron chi connectivity index (χ0n) is 13.2. The summed E-state index contributed by atoms with van der Waals surface area (Å²) in [4.78, 5) is 2.74. The van der Waals surface area contributed by atoms with Crippen LogP contribution in [0.4, 0.5) is 0 Å². The number of hydrogen-bond acceptors (Lipinski definition) is 2. The van der Waals surface area contributed by atoms with Gasteiger partial charge < -0.3 is 10.2 Å². The van der Waals surface area contributed by atoms with Gasteiger partial charge in [0.15, 0.2) is 0 Å². The zero-order chi connectivity index (χ0) is 13.5. The van der Waals surface area contributed by atoms with Crippen LogP contribution in [-0.2, 0) is 0 Å². The van der Waals surface area contributed by atoms with E-state index in [9.17, 15) is 0 Å². The summed E-state index contributed by atoms with van der Waals surface area (Å²) in [5.74, 6) is 2.91. The van der Waals surface area contributed by atoms with Gasteiger partial charge in [-0.3, -0.25) is 0 Å². The van der Waals surface area contributed by atoms with Gasteiger partial charge in [0.1, 0.15) is 0 Å². The van der Waals surface area contributed by atoms with Crippen LogP contribution in [0.15, 0.2) is 0 Å². The molecule has 0 spiro atoms. The standard InChI is InChI=1S/C17H34N2/c1-15(2)13-18-10-5-6-11-19-12-9-16-7-3-4-8-17(16)14-19/h15-18H,3-14H2,1-2H3. The highest BCUT2D eigenvalue weighted by atomic mass is 15.1. The van der Waals surface area contributed by atoms with Gasteiger partial charge in [-0.1, -0.05) is 33.1 Å². The summed E-state index contributed by atoms with van der Waals surface area (Å²) in [7, 11) is 0. The predicted molar refractivity (Wildman–Crippen MR) is 83.4 cm³/mol. The summed E-state index contributed by atoms with van der Waals surface area (Å²) in [6.07, 6.45) is 10.2. The van der Waals surface area contributed by atoms with Gasteiger partial charge in [0.2, 0.25) is 0 Å². The van der Waals surface area contributed by atoms with Gasteiger partial charge in [-0.25, -0.2) is 0 Å². The highest BCUT2D eigenvalue weighted by molar-refractivity contribution is 4.83. The van der Waals surface area contributed by atoms with E-state index in [0.29, 0.717) is 0 Å². The number of likely N-dealkylation sites (tertiary alicyclic amines) is 1. The Morgan fingerprint density at radius 3 is 2.63 bits per heavy atom. The molecule has 2 heteroatoms. The second-order valence-electron chi connectivity index (χ2n) is 7.20. The fourth-order valence-corrected chi connectivity index (χ4v) is 3.86. The molecule has 19 heavy (non-hydrogen) atoms. The van der Waals surface area contributed by atoms with E-state index < -0.39 is 0 Å². The maximum Gasteiger partial charge on any atom is 0.00123 e. The fraction of sp³-hybridized carbons (Fsp3) is 1.00. The van der Waals surface area contributed by atoms with Crippen LogP contribution in [0.5, 0.6) is 0 Å². The molecular formula is C17H34N2. The lowest BCUT2D eigenvalue weighted by Gasteiger charge is -2.41. The molecule has 0 aromatic rings. The molecular weight excluding hydrogens is 232 g/mol. The number of unbranched alkanes of at least 4 members (excludes halogenated alkanes) is 1. The van der Waals surface area contributed by atoms with Crippen molar-refractivity contribution in [2.75, 3.05) is 32.7 Å². The number of hydrogen-bond donors (Lipinski definition) is 1. The molecule has 1 N–H and O–H groups in total. The number of nitrogens with zero attached hydrogens (tertiary/aromatic N) is 1. The van der Waals surface area contributed by atoms with Gasteiger partial charge in [-0.05, 0) is 69.6 Å². The minimum Gasteiger partial charge on any atom is -0.316 e. The monoisotopic (exact) mass is 266 g/mol. The maximum atomic E-state index is 3.55. The molecule has 1 aliphatic carbocycles. The van der Waals surface area contributed by atoms with E-state index in [1.54, 1.807) is 0 Å². The SMILES string of the molecule is CC(C)CNCCCCN1CCC2CCCCC2C1. The third-order valence-electron chi connectivity index (χ3n) is 5.01. The molecule has 0 aromatic heterocycles. The Kier molecular flexibility index (Phi) is 6.66. The average molecular weight is 266 g/mol. The lowest BCUT2D eigenvalue weighted by molar-refractivity contribution is 0.0858. The summed E-state index contributed by atoms with van der Waals surface area (Å²) < 4.78 is 0. The van der Waals surface area contributed by atoms with Crippen molar-refractivity contribution < 1.29 is 0 Å². The topological polar surface area (TPSA) is 15.3 Å². The Morgan fingerprint density at radius 1 is 1.05 bits per heavy atom. The molecule has 2 fully saturated rings. The van der Waals surface area contributed by atoms with E-state index in [1.807, 2.05) is 0 Å². The van der Waals surface area contributed by atoms with Gasteiger partial charge in [-0.15, -0.1) is 0 Å². The number of fused-ring (bicyclic) bond motifs is 1. The summed E-state index contributed by atoms with van der Waals surface area (Å²) in [5, 5.41) is 3.55. The van der Waals surface area contributed by atoms with Gasteiger partial charge in [-0.2, -0.15) is 0 Å². The third-order valence-corrected chi connectivity index (χ3v) is 5.01. The first-order valence-electron chi connectivity index (χ1n) is 8.69. The molecule has 0 bridgehead atoms. The zero-order valence-corrected chi connectivity index (χ0v) is 13.2. The first-order chi connectivity index (χ1) is 9.25. The highest BCUT2D eigenvalue weighted by Gasteiger charge is 2.30. The molecule has 2 atom stereocenters. The molecule has 1 saturated heterocycles. The molecule has 2 unspecified atom stereocenters. The third kappa shape index (κ3) is 5.43. The van der Waals surface area contributed by atoms with E-state index in [-0.39, 0.29) is 0 Å². The molecule has 1 aliphatic heterocycles. The minimum atomic E-state index is 0.783. The van der Waals surface area contributed by atoms with E-state index in [2.05, 4.69) is 24.1 Å². The van der Waals surface area contributed by atoms with Crippen molar-refractivity contribution in [2.45, 2.75) is 58.8 Å². The van der Waals surface area contributed by atoms with Crippen molar-refractivity contribution >= 4 is 0 Å². The summed E-state index contributed by atoms with van der Waals surface area (Å²) in [6, 6.07) is 0. The van der Waals surface area contributed by atoms with Crippen molar-refractivity contribution in [1.29, 1.82) is 0 Å². The van der Waals surface area contributed by atoms with E-state index in [1.165, 1.54) is 77.7 Å². The van der Waals surface area contributed by atoms with Gasteiger partial charge >= 0.3 is 0 Å². The number of piperidine rings is 1. The van der Waals surface area contributed by atoms with Crippen LogP contribution in [0, 0.1) is 17.8 Å². The van der Waals surface area contributed by atoms with Crippen LogP contribution < -0.4 is 5.32 Å². The molecule has 1 saturated carbocycles. The average Bonchev–Trinajstić information content (AvgIpc) is 2.42. The molecule has 2 rings (SSSR count). The molecule has 0 aromatic carbocycles. The molecule has 1 heterocycles. The van der Waals surface area contributed by atoms with Crippen molar-refractivity contribution in [3.63, 3.8) is 0 Å². The second kappa shape index (κ2) is 8.26. The summed E-state index contributed by atoms with van der Waals surface area (Å²) >= 11 is 0. The number of rotatable bonds is 7. The van der Waals surface area contributed by atoms with Crippen LogP contribution in [0.1, 0.15) is 58.8 Å². The van der Waals surface area contributed by atoms with Gasteiger partial charge in [0.05, 0.1) is 0 Å². The Hall–Kier alpha value is -0.0800. The van der Waals surface area contributed by atoms with Crippen molar-refractivity contribution in [1.82, 2.24) is 10.2 Å². The van der Waals surface area contributed by atoms with Crippen molar-refractivity contribution in [3.8, 4) is 0 Å². The minimum absolute atomic E-state index is 0.783. The van der Waals surface area contributed by atoms with Crippen LogP contribution in [-0.4, -0.2) is 37.6 Å². The fourth-order valence-electron chi connectivity index (χ4n) is 3.86. The lowest BCUT2D eigenvalue weighted by Crippen LogP contribution is -2.42. The maximum absolute atomic E-state index is 3.55. The van der Waals surface area contributed by atoms with Gasteiger partial charge in [0, 0.05) is 6.54 Å². The Balaban J connectivity index is 1.52. The molecule has 2 aliphatic rings. The molecule has 2 nitrogen and oxygen atoms in total. The van der Waals surface area contributed by atoms with Crippen molar-refractivity contribution in [3.05, 3.63) is 0 Å². The largest absolute Gasteiger partial charge is 0.316 e. The Morgan fingerprint density at radius 2 is 1.84 bits per heavy atom. The Labute approximate surface area is 120 Å². The second-order valence-corrected chi connectivity index (χ2v) is 7.20. The smallest absolute Gasteiger partial charge is 0.00123 e. The van der Waals surface area contributed by atoms with E-state index in [0.717, 1.165) is 17.8 Å². The first-order valence-corrected chi connectivity index (χ1v) is 8.69. The molecule has 0 radical (unpaired) electrons. The quantitative estimate of drug-likeness (QED) is 0.709. The molecule has 0 amide bonds. The molecule has 112 valence electrons. The summed E-state index contributed by atoms with van der Waals surface area (Å²) in [5.41, 5.74) is 0. The van der Waals surface area contributed by atoms with Crippen LogP contribution in [0.2, 0.25) is 0 Å². The van der Waals surface area contributed by atoms with Crippen LogP contribution in [0.25, 0.3) is 0 Å².